The zero-order valence-electron chi connectivity index (χ0n) is 8.24. The average molecular weight is 188 g/mol. The van der Waals surface area contributed by atoms with Crippen LogP contribution in [-0.2, 0) is 6.42 Å². The van der Waals surface area contributed by atoms with Crippen molar-refractivity contribution in [1.82, 2.24) is 5.32 Å². The van der Waals surface area contributed by atoms with Crippen molar-refractivity contribution in [2.75, 3.05) is 13.1 Å². The molecule has 0 amide bonds. The number of nitrogens with one attached hydrogen (secondary N) is 1. The Labute approximate surface area is 84.8 Å². The summed E-state index contributed by atoms with van der Waals surface area (Å²) in [4.78, 5) is 0. The molecule has 1 atom stereocenters. The van der Waals surface area contributed by atoms with Gasteiger partial charge in [-0.05, 0) is 12.0 Å². The lowest BCUT2D eigenvalue weighted by atomic mass is 10.0. The minimum Gasteiger partial charge on any atom is -0.323 e. The molecule has 0 saturated heterocycles. The molecule has 74 valence electrons. The second-order valence-electron chi connectivity index (χ2n) is 3.78. The van der Waals surface area contributed by atoms with Crippen LogP contribution >= 0.6 is 0 Å². The summed E-state index contributed by atoms with van der Waals surface area (Å²) < 4.78 is 0. The van der Waals surface area contributed by atoms with Crippen molar-refractivity contribution < 1.29 is 0 Å². The fourth-order valence-corrected chi connectivity index (χ4v) is 1.80. The third-order valence-electron chi connectivity index (χ3n) is 2.46. The van der Waals surface area contributed by atoms with Crippen LogP contribution in [0.25, 0.3) is 0 Å². The Morgan fingerprint density at radius 1 is 1.29 bits per heavy atom. The Bertz CT molecular complexity index is 316. The normalized spacial score (nSPS) is 21.8. The van der Waals surface area contributed by atoms with Gasteiger partial charge in [0.1, 0.15) is 0 Å². The maximum absolute atomic E-state index is 5.84. The van der Waals surface area contributed by atoms with Crippen molar-refractivity contribution in [1.29, 1.82) is 0 Å². The van der Waals surface area contributed by atoms with Crippen molar-refractivity contribution in [3.05, 3.63) is 47.5 Å². The van der Waals surface area contributed by atoms with Crippen molar-refractivity contribution in [2.24, 2.45) is 5.73 Å². The van der Waals surface area contributed by atoms with Crippen molar-refractivity contribution in [3.8, 4) is 0 Å². The minimum atomic E-state index is 0.183. The number of benzene rings is 1. The topological polar surface area (TPSA) is 38.0 Å². The third-order valence-corrected chi connectivity index (χ3v) is 2.46. The van der Waals surface area contributed by atoms with Gasteiger partial charge in [-0.3, -0.25) is 0 Å². The summed E-state index contributed by atoms with van der Waals surface area (Å²) in [5.74, 6) is 0. The molecule has 0 fully saturated rings. The number of rotatable bonds is 2. The molecule has 1 aromatic carbocycles. The van der Waals surface area contributed by atoms with Crippen LogP contribution in [-0.4, -0.2) is 19.1 Å². The maximum atomic E-state index is 5.84. The molecule has 1 aliphatic heterocycles. The Kier molecular flexibility index (Phi) is 2.96. The number of nitrogens with two attached hydrogens (primary N) is 1. The highest BCUT2D eigenvalue weighted by Crippen LogP contribution is 2.09. The van der Waals surface area contributed by atoms with E-state index in [-0.39, 0.29) is 6.04 Å². The molecule has 1 aliphatic rings. The highest BCUT2D eigenvalue weighted by molar-refractivity contribution is 5.24. The van der Waals surface area contributed by atoms with Crippen molar-refractivity contribution >= 4 is 0 Å². The summed E-state index contributed by atoms with van der Waals surface area (Å²) in [5, 5.41) is 3.31. The minimum absolute atomic E-state index is 0.183. The van der Waals surface area contributed by atoms with Gasteiger partial charge < -0.3 is 11.1 Å². The monoisotopic (exact) mass is 188 g/mol. The molecule has 2 rings (SSSR count). The van der Waals surface area contributed by atoms with Crippen LogP contribution < -0.4 is 11.1 Å². The first-order chi connectivity index (χ1) is 6.84. The molecule has 0 radical (unpaired) electrons. The molecule has 3 N–H and O–H groups in total. The Hall–Kier alpha value is -1.12. The molecular formula is C12H16N2. The fraction of sp³-hybridized carbons (Fsp3) is 0.333. The first-order valence-electron chi connectivity index (χ1n) is 5.04. The Balaban J connectivity index is 2.04. The number of hydrogen-bond donors (Lipinski definition) is 2. The standard InChI is InChI=1S/C12H16N2/c13-12-7-11(8-14-9-12)6-10-4-2-1-3-5-10/h1-5,7,12,14H,6,8-9,13H2. The molecule has 1 aromatic rings. The molecule has 1 heterocycles. The molecule has 0 spiro atoms. The molecule has 0 bridgehead atoms. The molecule has 2 heteroatoms. The first kappa shape index (κ1) is 9.44. The van der Waals surface area contributed by atoms with Gasteiger partial charge in [-0.25, -0.2) is 0 Å². The zero-order chi connectivity index (χ0) is 9.80. The van der Waals surface area contributed by atoms with Gasteiger partial charge in [0.05, 0.1) is 0 Å². The SMILES string of the molecule is NC1C=C(Cc2ccccc2)CNC1. The fourth-order valence-electron chi connectivity index (χ4n) is 1.80. The largest absolute Gasteiger partial charge is 0.323 e. The van der Waals surface area contributed by atoms with Crippen LogP contribution in [0.4, 0.5) is 0 Å². The van der Waals surface area contributed by atoms with E-state index in [1.54, 1.807) is 0 Å². The lowest BCUT2D eigenvalue weighted by molar-refractivity contribution is 0.627. The summed E-state index contributed by atoms with van der Waals surface area (Å²) in [6, 6.07) is 10.7. The lowest BCUT2D eigenvalue weighted by Crippen LogP contribution is -2.38. The maximum Gasteiger partial charge on any atom is 0.0354 e. The van der Waals surface area contributed by atoms with Crippen LogP contribution in [0.5, 0.6) is 0 Å². The second kappa shape index (κ2) is 4.40. The van der Waals surface area contributed by atoms with Crippen LogP contribution in [0.3, 0.4) is 0 Å². The number of hydrogen-bond acceptors (Lipinski definition) is 2. The van der Waals surface area contributed by atoms with E-state index >= 15 is 0 Å². The van der Waals surface area contributed by atoms with Gasteiger partial charge in [-0.1, -0.05) is 42.0 Å². The van der Waals surface area contributed by atoms with E-state index in [4.69, 9.17) is 5.73 Å². The van der Waals surface area contributed by atoms with Crippen molar-refractivity contribution in [2.45, 2.75) is 12.5 Å². The van der Waals surface area contributed by atoms with E-state index in [1.807, 2.05) is 6.07 Å². The van der Waals surface area contributed by atoms with Gasteiger partial charge >= 0.3 is 0 Å². The summed E-state index contributed by atoms with van der Waals surface area (Å²) in [5.41, 5.74) is 8.59. The van der Waals surface area contributed by atoms with Gasteiger partial charge in [-0.2, -0.15) is 0 Å². The predicted molar refractivity (Wildman–Crippen MR) is 59.1 cm³/mol. The lowest BCUT2D eigenvalue weighted by Gasteiger charge is -2.19. The molecule has 14 heavy (non-hydrogen) atoms. The Morgan fingerprint density at radius 2 is 2.07 bits per heavy atom. The van der Waals surface area contributed by atoms with E-state index in [9.17, 15) is 0 Å². The molecule has 0 saturated carbocycles. The van der Waals surface area contributed by atoms with Gasteiger partial charge in [0.15, 0.2) is 0 Å². The zero-order valence-corrected chi connectivity index (χ0v) is 8.24. The van der Waals surface area contributed by atoms with Crippen LogP contribution in [0, 0.1) is 0 Å². The average Bonchev–Trinajstić information content (AvgIpc) is 2.19. The molecular weight excluding hydrogens is 172 g/mol. The van der Waals surface area contributed by atoms with Crippen molar-refractivity contribution in [3.63, 3.8) is 0 Å². The van der Waals surface area contributed by atoms with Crippen LogP contribution in [0.2, 0.25) is 0 Å². The van der Waals surface area contributed by atoms with Crippen LogP contribution in [0.1, 0.15) is 5.56 Å². The molecule has 2 nitrogen and oxygen atoms in total. The van der Waals surface area contributed by atoms with Gasteiger partial charge in [0.25, 0.3) is 0 Å². The highest BCUT2D eigenvalue weighted by atomic mass is 14.9. The third kappa shape index (κ3) is 2.44. The summed E-state index contributed by atoms with van der Waals surface area (Å²) in [6.45, 7) is 1.88. The van der Waals surface area contributed by atoms with E-state index in [0.29, 0.717) is 0 Å². The summed E-state index contributed by atoms with van der Waals surface area (Å²) >= 11 is 0. The smallest absolute Gasteiger partial charge is 0.0354 e. The van der Waals surface area contributed by atoms with E-state index < -0.39 is 0 Å². The molecule has 0 aliphatic carbocycles. The summed E-state index contributed by atoms with van der Waals surface area (Å²) in [6.07, 6.45) is 3.20. The summed E-state index contributed by atoms with van der Waals surface area (Å²) in [7, 11) is 0. The molecule has 1 unspecified atom stereocenters. The van der Waals surface area contributed by atoms with Crippen LogP contribution in [0.15, 0.2) is 42.0 Å². The predicted octanol–water partition coefficient (Wildman–Crippen LogP) is 1.09. The molecule has 0 aromatic heterocycles. The first-order valence-corrected chi connectivity index (χ1v) is 5.04. The van der Waals surface area contributed by atoms with Gasteiger partial charge in [-0.15, -0.1) is 0 Å². The van der Waals surface area contributed by atoms with E-state index in [1.165, 1.54) is 11.1 Å². The second-order valence-corrected chi connectivity index (χ2v) is 3.78. The Morgan fingerprint density at radius 3 is 2.79 bits per heavy atom. The van der Waals surface area contributed by atoms with E-state index in [0.717, 1.165) is 19.5 Å². The van der Waals surface area contributed by atoms with Gasteiger partial charge in [0.2, 0.25) is 0 Å². The quantitative estimate of drug-likeness (QED) is 0.682. The highest BCUT2D eigenvalue weighted by Gasteiger charge is 2.08. The van der Waals surface area contributed by atoms with Gasteiger partial charge in [0, 0.05) is 19.1 Å². The van der Waals surface area contributed by atoms with E-state index in [2.05, 4.69) is 35.7 Å².